The van der Waals surface area contributed by atoms with E-state index in [0.717, 1.165) is 25.9 Å². The molecule has 7 heteroatoms. The quantitative estimate of drug-likeness (QED) is 0.685. The zero-order valence-electron chi connectivity index (χ0n) is 9.61. The molecule has 0 aromatic carbocycles. The van der Waals surface area contributed by atoms with Crippen LogP contribution in [-0.2, 0) is 11.3 Å². The second-order valence-corrected chi connectivity index (χ2v) is 5.26. The van der Waals surface area contributed by atoms with E-state index in [0.29, 0.717) is 23.4 Å². The Morgan fingerprint density at radius 2 is 2.35 bits per heavy atom. The van der Waals surface area contributed by atoms with Crippen molar-refractivity contribution >= 4 is 17.7 Å². The number of hydrogen-bond acceptors (Lipinski definition) is 5. The lowest BCUT2D eigenvalue weighted by atomic mass is 10.2. The number of aromatic nitrogens is 3. The third-order valence-corrected chi connectivity index (χ3v) is 4.03. The van der Waals surface area contributed by atoms with Crippen molar-refractivity contribution in [2.75, 3.05) is 18.8 Å². The van der Waals surface area contributed by atoms with Gasteiger partial charge in [-0.05, 0) is 25.9 Å². The smallest absolute Gasteiger partial charge is 0.230 e. The predicted molar refractivity (Wildman–Crippen MR) is 66.6 cm³/mol. The van der Waals surface area contributed by atoms with Gasteiger partial charge in [-0.25, -0.2) is 4.98 Å². The third kappa shape index (κ3) is 4.35. The van der Waals surface area contributed by atoms with Crippen molar-refractivity contribution in [3.05, 3.63) is 12.2 Å². The van der Waals surface area contributed by atoms with Gasteiger partial charge < -0.3 is 10.6 Å². The van der Waals surface area contributed by atoms with Crippen LogP contribution in [0.25, 0.3) is 0 Å². The van der Waals surface area contributed by atoms with Crippen molar-refractivity contribution < 1.29 is 4.79 Å². The maximum absolute atomic E-state index is 11.6. The fourth-order valence-electron chi connectivity index (χ4n) is 1.70. The highest BCUT2D eigenvalue weighted by atomic mass is 32.2. The number of nitrogens with zero attached hydrogens (tertiary/aromatic N) is 2. The topological polar surface area (TPSA) is 82.7 Å². The molecule has 0 atom stereocenters. The van der Waals surface area contributed by atoms with E-state index in [9.17, 15) is 4.79 Å². The van der Waals surface area contributed by atoms with Crippen LogP contribution in [-0.4, -0.2) is 45.2 Å². The van der Waals surface area contributed by atoms with E-state index >= 15 is 0 Å². The molecule has 0 saturated carbocycles. The molecule has 0 aliphatic carbocycles. The molecular formula is C10H17N5OS. The second-order valence-electron chi connectivity index (χ2n) is 3.97. The second kappa shape index (κ2) is 6.61. The van der Waals surface area contributed by atoms with Gasteiger partial charge in [0.05, 0.1) is 12.3 Å². The molecule has 0 radical (unpaired) electrons. The lowest BCUT2D eigenvalue weighted by Crippen LogP contribution is -2.31. The molecule has 1 saturated heterocycles. The van der Waals surface area contributed by atoms with Gasteiger partial charge in [-0.1, -0.05) is 0 Å². The van der Waals surface area contributed by atoms with Crippen LogP contribution in [0.1, 0.15) is 18.7 Å². The number of amides is 1. The Morgan fingerprint density at radius 1 is 1.53 bits per heavy atom. The van der Waals surface area contributed by atoms with Crippen LogP contribution in [0.2, 0.25) is 0 Å². The Balaban J connectivity index is 1.60. The van der Waals surface area contributed by atoms with Gasteiger partial charge >= 0.3 is 0 Å². The average Bonchev–Trinajstić information content (AvgIpc) is 2.88. The lowest BCUT2D eigenvalue weighted by Gasteiger charge is -2.21. The first-order chi connectivity index (χ1) is 8.34. The SMILES string of the molecule is O=C(CSC1CCNCC1)NCc1ncn[nH]1. The summed E-state index contributed by atoms with van der Waals surface area (Å²) in [5.41, 5.74) is 0. The number of H-pyrrole nitrogens is 1. The zero-order chi connectivity index (χ0) is 11.9. The summed E-state index contributed by atoms with van der Waals surface area (Å²) >= 11 is 1.74. The molecule has 1 fully saturated rings. The summed E-state index contributed by atoms with van der Waals surface area (Å²) in [5, 5.41) is 13.2. The molecule has 1 aliphatic rings. The molecule has 1 aromatic heterocycles. The highest BCUT2D eigenvalue weighted by Crippen LogP contribution is 2.19. The summed E-state index contributed by atoms with van der Waals surface area (Å²) < 4.78 is 0. The molecular weight excluding hydrogens is 238 g/mol. The van der Waals surface area contributed by atoms with E-state index in [1.54, 1.807) is 11.8 Å². The molecule has 2 rings (SSSR count). The molecule has 6 nitrogen and oxygen atoms in total. The number of carbonyl (C=O) groups excluding carboxylic acids is 1. The van der Waals surface area contributed by atoms with Crippen molar-refractivity contribution in [1.29, 1.82) is 0 Å². The summed E-state index contributed by atoms with van der Waals surface area (Å²) in [5.74, 6) is 1.27. The Morgan fingerprint density at radius 3 is 3.06 bits per heavy atom. The van der Waals surface area contributed by atoms with E-state index < -0.39 is 0 Å². The van der Waals surface area contributed by atoms with Gasteiger partial charge in [-0.3, -0.25) is 9.89 Å². The fraction of sp³-hybridized carbons (Fsp3) is 0.700. The molecule has 0 unspecified atom stereocenters. The Kier molecular flexibility index (Phi) is 4.81. The Labute approximate surface area is 104 Å². The summed E-state index contributed by atoms with van der Waals surface area (Å²) in [4.78, 5) is 15.5. The maximum Gasteiger partial charge on any atom is 0.230 e. The summed E-state index contributed by atoms with van der Waals surface area (Å²) in [6, 6.07) is 0. The summed E-state index contributed by atoms with van der Waals surface area (Å²) in [6.07, 6.45) is 3.74. The van der Waals surface area contributed by atoms with E-state index in [1.807, 2.05) is 0 Å². The van der Waals surface area contributed by atoms with Crippen LogP contribution in [0, 0.1) is 0 Å². The van der Waals surface area contributed by atoms with Gasteiger partial charge in [-0.15, -0.1) is 11.8 Å². The molecule has 2 heterocycles. The first-order valence-corrected chi connectivity index (χ1v) is 6.83. The summed E-state index contributed by atoms with van der Waals surface area (Å²) in [7, 11) is 0. The predicted octanol–water partition coefficient (Wildman–Crippen LogP) is -0.0939. The minimum absolute atomic E-state index is 0.0601. The number of thioether (sulfide) groups is 1. The maximum atomic E-state index is 11.6. The first kappa shape index (κ1) is 12.4. The number of aromatic amines is 1. The van der Waals surface area contributed by atoms with Crippen LogP contribution in [0.5, 0.6) is 0 Å². The van der Waals surface area contributed by atoms with Gasteiger partial charge in [0.25, 0.3) is 0 Å². The van der Waals surface area contributed by atoms with E-state index in [2.05, 4.69) is 25.8 Å². The van der Waals surface area contributed by atoms with Gasteiger partial charge in [0.2, 0.25) is 5.91 Å². The van der Waals surface area contributed by atoms with Gasteiger partial charge in [0.1, 0.15) is 12.2 Å². The van der Waals surface area contributed by atoms with Crippen molar-refractivity contribution in [2.45, 2.75) is 24.6 Å². The zero-order valence-corrected chi connectivity index (χ0v) is 10.4. The standard InChI is InChI=1S/C10H17N5OS/c16-10(12-5-9-13-7-14-15-9)6-17-8-1-3-11-4-2-8/h7-8,11H,1-6H2,(H,12,16)(H,13,14,15). The Bertz CT molecular complexity index is 336. The van der Waals surface area contributed by atoms with Crippen molar-refractivity contribution in [1.82, 2.24) is 25.8 Å². The highest BCUT2D eigenvalue weighted by Gasteiger charge is 2.14. The lowest BCUT2D eigenvalue weighted by molar-refractivity contribution is -0.118. The van der Waals surface area contributed by atoms with Gasteiger partial charge in [0, 0.05) is 5.25 Å². The van der Waals surface area contributed by atoms with Crippen LogP contribution < -0.4 is 10.6 Å². The molecule has 94 valence electrons. The number of nitrogens with one attached hydrogen (secondary N) is 3. The molecule has 0 bridgehead atoms. The fourth-order valence-corrected chi connectivity index (χ4v) is 2.76. The van der Waals surface area contributed by atoms with Crippen molar-refractivity contribution in [3.8, 4) is 0 Å². The van der Waals surface area contributed by atoms with Crippen molar-refractivity contribution in [3.63, 3.8) is 0 Å². The molecule has 1 aromatic rings. The monoisotopic (exact) mass is 255 g/mol. The number of hydrogen-bond donors (Lipinski definition) is 3. The van der Waals surface area contributed by atoms with Crippen LogP contribution in [0.15, 0.2) is 6.33 Å². The largest absolute Gasteiger partial charge is 0.348 e. The van der Waals surface area contributed by atoms with Crippen LogP contribution in [0.3, 0.4) is 0 Å². The van der Waals surface area contributed by atoms with Gasteiger partial charge in [0.15, 0.2) is 0 Å². The van der Waals surface area contributed by atoms with Gasteiger partial charge in [-0.2, -0.15) is 5.10 Å². The van der Waals surface area contributed by atoms with Crippen molar-refractivity contribution in [2.24, 2.45) is 0 Å². The molecule has 1 aliphatic heterocycles. The molecule has 1 amide bonds. The normalized spacial score (nSPS) is 16.9. The van der Waals surface area contributed by atoms with E-state index in [-0.39, 0.29) is 5.91 Å². The van der Waals surface area contributed by atoms with Crippen LogP contribution >= 0.6 is 11.8 Å². The Hall–Kier alpha value is -1.08. The van der Waals surface area contributed by atoms with E-state index in [4.69, 9.17) is 0 Å². The van der Waals surface area contributed by atoms with E-state index in [1.165, 1.54) is 6.33 Å². The highest BCUT2D eigenvalue weighted by molar-refractivity contribution is 8.00. The number of carbonyl (C=O) groups is 1. The van der Waals surface area contributed by atoms with Crippen LogP contribution in [0.4, 0.5) is 0 Å². The minimum atomic E-state index is 0.0601. The average molecular weight is 255 g/mol. The molecule has 17 heavy (non-hydrogen) atoms. The third-order valence-electron chi connectivity index (χ3n) is 2.65. The number of rotatable bonds is 5. The summed E-state index contributed by atoms with van der Waals surface area (Å²) in [6.45, 7) is 2.56. The molecule has 3 N–H and O–H groups in total. The minimum Gasteiger partial charge on any atom is -0.348 e. The first-order valence-electron chi connectivity index (χ1n) is 5.78. The number of piperidine rings is 1. The molecule has 0 spiro atoms.